The molecule has 0 saturated heterocycles. The van der Waals surface area contributed by atoms with Crippen LogP contribution in [0, 0.1) is 0 Å². The van der Waals surface area contributed by atoms with Gasteiger partial charge in [-0.05, 0) is 84.5 Å². The first-order chi connectivity index (χ1) is 20.5. The quantitative estimate of drug-likeness (QED) is 0.218. The third-order valence-corrected chi connectivity index (χ3v) is 8.06. The van der Waals surface area contributed by atoms with Crippen molar-refractivity contribution < 1.29 is 19.0 Å². The van der Waals surface area contributed by atoms with Gasteiger partial charge in [-0.3, -0.25) is 4.79 Å². The fourth-order valence-electron chi connectivity index (χ4n) is 5.69. The van der Waals surface area contributed by atoms with Gasteiger partial charge >= 0.3 is 0 Å². The lowest BCUT2D eigenvalue weighted by Gasteiger charge is -2.30. The van der Waals surface area contributed by atoms with Gasteiger partial charge in [-0.25, -0.2) is 0 Å². The number of fused-ring (bicyclic) bond motifs is 1. The van der Waals surface area contributed by atoms with Crippen LogP contribution in [0.3, 0.4) is 0 Å². The lowest BCUT2D eigenvalue weighted by atomic mass is 9.78. The van der Waals surface area contributed by atoms with Crippen molar-refractivity contribution >= 4 is 28.8 Å². The minimum absolute atomic E-state index is 0.0724. The molecule has 7 heteroatoms. The number of halogens is 1. The van der Waals surface area contributed by atoms with E-state index in [0.29, 0.717) is 36.2 Å². The lowest BCUT2D eigenvalue weighted by molar-refractivity contribution is -0.116. The summed E-state index contributed by atoms with van der Waals surface area (Å²) >= 11 is 6.04. The van der Waals surface area contributed by atoms with Gasteiger partial charge in [0.1, 0.15) is 12.4 Å². The average Bonchev–Trinajstić information content (AvgIpc) is 3.18. The number of anilines is 2. The highest BCUT2D eigenvalue weighted by molar-refractivity contribution is 6.30. The minimum Gasteiger partial charge on any atom is -0.497 e. The Bertz CT molecular complexity index is 1620. The first-order valence-corrected chi connectivity index (χ1v) is 14.6. The minimum atomic E-state index is -0.356. The fourth-order valence-corrected chi connectivity index (χ4v) is 5.81. The van der Waals surface area contributed by atoms with E-state index in [9.17, 15) is 4.79 Å². The molecule has 1 heterocycles. The number of Topliss-reactive ketones (excluding diaryl/α,β-unsaturated/α-hetero) is 1. The van der Waals surface area contributed by atoms with Crippen LogP contribution in [0.4, 0.5) is 11.4 Å². The summed E-state index contributed by atoms with van der Waals surface area (Å²) in [6.07, 6.45) is 1.16. The number of ether oxygens (including phenoxy) is 3. The summed E-state index contributed by atoms with van der Waals surface area (Å²) in [5.74, 6) is 2.28. The highest BCUT2D eigenvalue weighted by atomic mass is 35.5. The van der Waals surface area contributed by atoms with Crippen molar-refractivity contribution in [1.29, 1.82) is 0 Å². The number of hydrogen-bond acceptors (Lipinski definition) is 6. The molecule has 0 radical (unpaired) electrons. The van der Waals surface area contributed by atoms with E-state index in [2.05, 4.69) is 22.8 Å². The van der Waals surface area contributed by atoms with E-state index in [4.69, 9.17) is 25.8 Å². The molecule has 0 fully saturated rings. The Morgan fingerprint density at radius 2 is 1.57 bits per heavy atom. The Morgan fingerprint density at radius 3 is 2.31 bits per heavy atom. The third kappa shape index (κ3) is 5.81. The molecule has 2 atom stereocenters. The first-order valence-electron chi connectivity index (χ1n) is 14.2. The summed E-state index contributed by atoms with van der Waals surface area (Å²) in [5.41, 5.74) is 6.65. The monoisotopic (exact) mass is 580 g/mol. The van der Waals surface area contributed by atoms with Crippen LogP contribution >= 0.6 is 11.6 Å². The number of nitrogens with one attached hydrogen (secondary N) is 2. The number of allylic oxidation sites excluding steroid dienone is 1. The van der Waals surface area contributed by atoms with Crippen molar-refractivity contribution in [3.63, 3.8) is 0 Å². The maximum atomic E-state index is 14.0. The number of methoxy groups -OCH3 is 1. The molecule has 1 aliphatic carbocycles. The smallest absolute Gasteiger partial charge is 0.163 e. The number of carbonyl (C=O) groups excluding carboxylic acids is 1. The van der Waals surface area contributed by atoms with Gasteiger partial charge in [0.2, 0.25) is 0 Å². The van der Waals surface area contributed by atoms with Gasteiger partial charge in [-0.2, -0.15) is 0 Å². The van der Waals surface area contributed by atoms with E-state index in [0.717, 1.165) is 51.5 Å². The molecule has 6 nitrogen and oxygen atoms in total. The molecular formula is C35H33ClN2O4. The van der Waals surface area contributed by atoms with E-state index in [-0.39, 0.29) is 17.7 Å². The molecule has 2 aliphatic rings. The second kappa shape index (κ2) is 12.2. The summed E-state index contributed by atoms with van der Waals surface area (Å²) < 4.78 is 17.5. The molecule has 4 aromatic carbocycles. The maximum absolute atomic E-state index is 14.0. The number of carbonyl (C=O) groups is 1. The first kappa shape index (κ1) is 27.7. The maximum Gasteiger partial charge on any atom is 0.163 e. The highest BCUT2D eigenvalue weighted by Gasteiger charge is 2.36. The lowest BCUT2D eigenvalue weighted by Crippen LogP contribution is -2.27. The van der Waals surface area contributed by atoms with Crippen LogP contribution in [-0.4, -0.2) is 19.5 Å². The Kier molecular flexibility index (Phi) is 8.06. The van der Waals surface area contributed by atoms with Gasteiger partial charge in [0, 0.05) is 22.7 Å². The third-order valence-electron chi connectivity index (χ3n) is 7.80. The summed E-state index contributed by atoms with van der Waals surface area (Å²) in [5, 5.41) is 7.96. The Balaban J connectivity index is 1.35. The number of benzene rings is 4. The topological polar surface area (TPSA) is 68.8 Å². The predicted molar refractivity (Wildman–Crippen MR) is 167 cm³/mol. The van der Waals surface area contributed by atoms with Gasteiger partial charge in [-0.1, -0.05) is 54.1 Å². The molecule has 1 aliphatic heterocycles. The van der Waals surface area contributed by atoms with Gasteiger partial charge in [0.15, 0.2) is 17.3 Å². The van der Waals surface area contributed by atoms with Gasteiger partial charge in [0.25, 0.3) is 0 Å². The van der Waals surface area contributed by atoms with E-state index < -0.39 is 0 Å². The van der Waals surface area contributed by atoms with Crippen LogP contribution in [-0.2, 0) is 11.4 Å². The standard InChI is InChI=1S/C35H33ClN2O4/c1-3-41-33-20-24(12-17-32(33)42-21-22-8-13-26(36)14-9-22)35-34-30(37-28-6-4-5-7-29(28)38-35)18-25(19-31(34)39)23-10-15-27(40-2)16-11-23/h4-17,20,25,35,37-38H,3,18-19,21H2,1-2H3/t25-,35+/m0/s1. The molecular weight excluding hydrogens is 548 g/mol. The van der Waals surface area contributed by atoms with Gasteiger partial charge in [-0.15, -0.1) is 0 Å². The molecule has 0 unspecified atom stereocenters. The Hall–Kier alpha value is -4.42. The average molecular weight is 581 g/mol. The van der Waals surface area contributed by atoms with Crippen LogP contribution in [0.2, 0.25) is 5.02 Å². The summed E-state index contributed by atoms with van der Waals surface area (Å²) in [7, 11) is 1.66. The van der Waals surface area contributed by atoms with Crippen molar-refractivity contribution in [2.24, 2.45) is 0 Å². The largest absolute Gasteiger partial charge is 0.497 e. The van der Waals surface area contributed by atoms with Crippen LogP contribution < -0.4 is 24.8 Å². The Morgan fingerprint density at radius 1 is 0.833 bits per heavy atom. The van der Waals surface area contributed by atoms with Crippen LogP contribution in [0.25, 0.3) is 0 Å². The highest BCUT2D eigenvalue weighted by Crippen LogP contribution is 2.45. The van der Waals surface area contributed by atoms with Gasteiger partial charge < -0.3 is 24.8 Å². The molecule has 0 spiro atoms. The zero-order chi connectivity index (χ0) is 29.1. The van der Waals surface area contributed by atoms with Crippen molar-refractivity contribution in [1.82, 2.24) is 0 Å². The molecule has 0 bridgehead atoms. The van der Waals surface area contributed by atoms with Crippen LogP contribution in [0.5, 0.6) is 17.2 Å². The molecule has 42 heavy (non-hydrogen) atoms. The number of ketones is 1. The number of rotatable bonds is 8. The summed E-state index contributed by atoms with van der Waals surface area (Å²) in [6.45, 7) is 2.82. The van der Waals surface area contributed by atoms with E-state index in [1.54, 1.807) is 7.11 Å². The molecule has 2 N–H and O–H groups in total. The molecule has 0 aromatic heterocycles. The molecule has 4 aromatic rings. The number of hydrogen-bond donors (Lipinski definition) is 2. The molecule has 214 valence electrons. The van der Waals surface area contributed by atoms with Gasteiger partial charge in [0.05, 0.1) is 31.1 Å². The van der Waals surface area contributed by atoms with E-state index >= 15 is 0 Å². The second-order valence-corrected chi connectivity index (χ2v) is 10.9. The van der Waals surface area contributed by atoms with Crippen LogP contribution in [0.15, 0.2) is 102 Å². The fraction of sp³-hybridized carbons (Fsp3) is 0.229. The normalized spacial score (nSPS) is 17.7. The Labute approximate surface area is 251 Å². The second-order valence-electron chi connectivity index (χ2n) is 10.5. The van der Waals surface area contributed by atoms with E-state index in [1.807, 2.05) is 85.8 Å². The molecule has 6 rings (SSSR count). The van der Waals surface area contributed by atoms with Crippen molar-refractivity contribution in [3.8, 4) is 17.2 Å². The van der Waals surface area contributed by atoms with Crippen molar-refractivity contribution in [2.75, 3.05) is 24.4 Å². The summed E-state index contributed by atoms with van der Waals surface area (Å²) in [6, 6.07) is 29.2. The van der Waals surface area contributed by atoms with Crippen molar-refractivity contribution in [2.45, 2.75) is 38.3 Å². The van der Waals surface area contributed by atoms with Crippen LogP contribution in [0.1, 0.15) is 48.4 Å². The molecule has 0 saturated carbocycles. The zero-order valence-electron chi connectivity index (χ0n) is 23.7. The summed E-state index contributed by atoms with van der Waals surface area (Å²) in [4.78, 5) is 14.0. The number of para-hydroxylation sites is 2. The predicted octanol–water partition coefficient (Wildman–Crippen LogP) is 8.31. The molecule has 0 amide bonds. The zero-order valence-corrected chi connectivity index (χ0v) is 24.4. The van der Waals surface area contributed by atoms with E-state index in [1.165, 1.54) is 0 Å². The SMILES string of the molecule is CCOc1cc([C@H]2Nc3ccccc3NC3=C2C(=O)C[C@@H](c2ccc(OC)cc2)C3)ccc1OCc1ccc(Cl)cc1. The van der Waals surface area contributed by atoms with Crippen molar-refractivity contribution in [3.05, 3.63) is 124 Å².